The molecule has 2 aromatic heterocycles. The molecule has 0 amide bonds. The molecule has 0 fully saturated rings. The van der Waals surface area contributed by atoms with Gasteiger partial charge >= 0.3 is 0 Å². The van der Waals surface area contributed by atoms with E-state index in [2.05, 4.69) is 16.5 Å². The van der Waals surface area contributed by atoms with Gasteiger partial charge in [0.25, 0.3) is 0 Å². The van der Waals surface area contributed by atoms with Crippen LogP contribution in [0.25, 0.3) is 0 Å². The summed E-state index contributed by atoms with van der Waals surface area (Å²) >= 11 is 0. The van der Waals surface area contributed by atoms with Gasteiger partial charge in [-0.2, -0.15) is 0 Å². The van der Waals surface area contributed by atoms with Crippen molar-refractivity contribution >= 4 is 0 Å². The minimum Gasteiger partial charge on any atom is -0.368 e. The Morgan fingerprint density at radius 2 is 1.50 bits per heavy atom. The predicted octanol–water partition coefficient (Wildman–Crippen LogP) is 3.29. The second-order valence-corrected chi connectivity index (χ2v) is 2.32. The van der Waals surface area contributed by atoms with Crippen LogP contribution in [0.5, 0.6) is 0 Å². The summed E-state index contributed by atoms with van der Waals surface area (Å²) in [6.45, 7) is 5.25. The van der Waals surface area contributed by atoms with Gasteiger partial charge in [0.15, 0.2) is 0 Å². The third-order valence-corrected chi connectivity index (χ3v) is 1.06. The zero-order chi connectivity index (χ0) is 10.5. The van der Waals surface area contributed by atoms with Crippen molar-refractivity contribution in [2.45, 2.75) is 6.92 Å². The molecule has 0 radical (unpaired) electrons. The van der Waals surface area contributed by atoms with Crippen molar-refractivity contribution in [3.63, 3.8) is 0 Å². The van der Waals surface area contributed by atoms with Crippen LogP contribution in [-0.2, 0) is 0 Å². The van der Waals surface area contributed by atoms with Gasteiger partial charge in [0.2, 0.25) is 0 Å². The lowest BCUT2D eigenvalue weighted by Gasteiger charge is -1.70. The summed E-state index contributed by atoms with van der Waals surface area (Å²) in [5.74, 6) is 0. The lowest BCUT2D eigenvalue weighted by molar-refractivity contribution is 1.33. The maximum atomic E-state index is 3.78. The van der Waals surface area contributed by atoms with Crippen LogP contribution in [0.4, 0.5) is 0 Å². The predicted molar refractivity (Wildman–Crippen MR) is 60.9 cm³/mol. The Bertz CT molecular complexity index is 230. The average Bonchev–Trinajstić information content (AvgIpc) is 2.80. The largest absolute Gasteiger partial charge is 0.368 e. The Kier molecular flexibility index (Phi) is 9.71. The van der Waals surface area contributed by atoms with E-state index in [4.69, 9.17) is 0 Å². The highest BCUT2D eigenvalue weighted by Gasteiger charge is 1.58. The molecule has 0 spiro atoms. The number of allylic oxidation sites excluding steroid dienone is 1. The topological polar surface area (TPSA) is 28.7 Å². The van der Waals surface area contributed by atoms with Crippen LogP contribution in [0.1, 0.15) is 6.92 Å². The van der Waals surface area contributed by atoms with E-state index in [9.17, 15) is 0 Å². The number of aromatic amines is 1. The molecule has 74 valence electrons. The summed E-state index contributed by atoms with van der Waals surface area (Å²) < 4.78 is 0. The monoisotopic (exact) mass is 188 g/mol. The molecule has 0 aromatic carbocycles. The summed E-state index contributed by atoms with van der Waals surface area (Å²) in [7, 11) is 0. The van der Waals surface area contributed by atoms with Crippen molar-refractivity contribution in [3.05, 3.63) is 67.8 Å². The van der Waals surface area contributed by atoms with Gasteiger partial charge in [-0.1, -0.05) is 12.1 Å². The quantitative estimate of drug-likeness (QED) is 0.631. The molecule has 0 aliphatic rings. The van der Waals surface area contributed by atoms with E-state index in [1.807, 2.05) is 49.6 Å². The SMILES string of the molecule is C=CC.c1cc[nH]c1.c1ccncc1. The molecule has 0 saturated carbocycles. The zero-order valence-electron chi connectivity index (χ0n) is 8.43. The van der Waals surface area contributed by atoms with Gasteiger partial charge in [0, 0.05) is 24.8 Å². The Morgan fingerprint density at radius 3 is 1.64 bits per heavy atom. The molecule has 14 heavy (non-hydrogen) atoms. The summed E-state index contributed by atoms with van der Waals surface area (Å²) in [5, 5.41) is 0. The highest BCUT2D eigenvalue weighted by Crippen LogP contribution is 1.73. The van der Waals surface area contributed by atoms with Gasteiger partial charge in [-0.05, 0) is 31.2 Å². The van der Waals surface area contributed by atoms with Gasteiger partial charge in [-0.15, -0.1) is 6.58 Å². The standard InChI is InChI=1S/C5H5N.C4H5N.C3H6/c1-2-4-6-5-3-1;1-2-4-5-3-1;1-3-2/h1-5H;1-5H;3H,1H2,2H3. The van der Waals surface area contributed by atoms with Crippen LogP contribution in [0.2, 0.25) is 0 Å². The summed E-state index contributed by atoms with van der Waals surface area (Å²) in [6, 6.07) is 9.60. The van der Waals surface area contributed by atoms with E-state index >= 15 is 0 Å². The van der Waals surface area contributed by atoms with E-state index in [0.717, 1.165) is 0 Å². The lowest BCUT2D eigenvalue weighted by Crippen LogP contribution is -1.58. The first-order valence-electron chi connectivity index (χ1n) is 4.41. The molecule has 2 heterocycles. The fourth-order valence-electron chi connectivity index (χ4n) is 0.590. The molecule has 2 nitrogen and oxygen atoms in total. The van der Waals surface area contributed by atoms with E-state index < -0.39 is 0 Å². The smallest absolute Gasteiger partial charge is 0.0267 e. The molecule has 0 saturated heterocycles. The van der Waals surface area contributed by atoms with Crippen molar-refractivity contribution in [1.82, 2.24) is 9.97 Å². The maximum Gasteiger partial charge on any atom is 0.0267 e. The third kappa shape index (κ3) is 10.2. The number of aromatic nitrogens is 2. The fourth-order valence-corrected chi connectivity index (χ4v) is 0.590. The minimum absolute atomic E-state index is 1.75. The van der Waals surface area contributed by atoms with Crippen LogP contribution < -0.4 is 0 Å². The van der Waals surface area contributed by atoms with Crippen molar-refractivity contribution in [2.24, 2.45) is 0 Å². The second-order valence-electron chi connectivity index (χ2n) is 2.32. The van der Waals surface area contributed by atoms with Crippen LogP contribution in [-0.4, -0.2) is 9.97 Å². The van der Waals surface area contributed by atoms with Gasteiger partial charge in [-0.3, -0.25) is 4.98 Å². The molecule has 0 aliphatic heterocycles. The Labute approximate surface area is 85.3 Å². The molecule has 2 heteroatoms. The number of nitrogens with zero attached hydrogens (tertiary/aromatic N) is 1. The van der Waals surface area contributed by atoms with Crippen LogP contribution >= 0.6 is 0 Å². The number of hydrogen-bond acceptors (Lipinski definition) is 1. The van der Waals surface area contributed by atoms with Crippen molar-refractivity contribution in [3.8, 4) is 0 Å². The van der Waals surface area contributed by atoms with E-state index in [1.165, 1.54) is 0 Å². The Hall–Kier alpha value is -1.83. The molecule has 0 unspecified atom stereocenters. The molecular formula is C12H16N2. The lowest BCUT2D eigenvalue weighted by atomic mass is 10.5. The highest BCUT2D eigenvalue weighted by atomic mass is 14.6. The van der Waals surface area contributed by atoms with E-state index in [1.54, 1.807) is 18.5 Å². The molecule has 0 bridgehead atoms. The number of rotatable bonds is 0. The minimum atomic E-state index is 1.75. The number of hydrogen-bond donors (Lipinski definition) is 1. The van der Waals surface area contributed by atoms with Gasteiger partial charge in [0.05, 0.1) is 0 Å². The normalized spacial score (nSPS) is 7.21. The molecule has 0 atom stereocenters. The summed E-state index contributed by atoms with van der Waals surface area (Å²) in [4.78, 5) is 6.65. The van der Waals surface area contributed by atoms with Crippen LogP contribution in [0.15, 0.2) is 67.8 Å². The van der Waals surface area contributed by atoms with E-state index in [-0.39, 0.29) is 0 Å². The maximum absolute atomic E-state index is 3.78. The van der Waals surface area contributed by atoms with E-state index in [0.29, 0.717) is 0 Å². The number of nitrogens with one attached hydrogen (secondary N) is 1. The summed E-state index contributed by atoms with van der Waals surface area (Å²) in [5.41, 5.74) is 0. The van der Waals surface area contributed by atoms with Crippen LogP contribution in [0, 0.1) is 0 Å². The molecule has 2 aromatic rings. The number of pyridine rings is 1. The zero-order valence-corrected chi connectivity index (χ0v) is 8.43. The van der Waals surface area contributed by atoms with Crippen molar-refractivity contribution in [2.75, 3.05) is 0 Å². The van der Waals surface area contributed by atoms with Gasteiger partial charge in [0.1, 0.15) is 0 Å². The summed E-state index contributed by atoms with van der Waals surface area (Å²) in [6.07, 6.45) is 9.00. The van der Waals surface area contributed by atoms with Crippen LogP contribution in [0.3, 0.4) is 0 Å². The molecule has 2 rings (SSSR count). The molecular weight excluding hydrogens is 172 g/mol. The Morgan fingerprint density at radius 1 is 1.00 bits per heavy atom. The van der Waals surface area contributed by atoms with Gasteiger partial charge in [-0.25, -0.2) is 0 Å². The highest BCUT2D eigenvalue weighted by molar-refractivity contribution is 4.88. The third-order valence-electron chi connectivity index (χ3n) is 1.06. The second kappa shape index (κ2) is 11.2. The molecule has 0 aliphatic carbocycles. The fraction of sp³-hybridized carbons (Fsp3) is 0.0833. The van der Waals surface area contributed by atoms with Crippen molar-refractivity contribution < 1.29 is 0 Å². The first kappa shape index (κ1) is 12.2. The van der Waals surface area contributed by atoms with Gasteiger partial charge < -0.3 is 4.98 Å². The average molecular weight is 188 g/mol. The molecule has 1 N–H and O–H groups in total. The van der Waals surface area contributed by atoms with Crippen molar-refractivity contribution in [1.29, 1.82) is 0 Å². The first-order chi connectivity index (χ1) is 6.91. The number of H-pyrrole nitrogens is 1. The first-order valence-corrected chi connectivity index (χ1v) is 4.41. The Balaban J connectivity index is 0.000000193.